The summed E-state index contributed by atoms with van der Waals surface area (Å²) in [7, 11) is -3.13. The fraction of sp³-hybridized carbons (Fsp3) is 0.200. The van der Waals surface area contributed by atoms with E-state index in [1.807, 2.05) is 60.7 Å². The van der Waals surface area contributed by atoms with Crippen LogP contribution in [0.5, 0.6) is 0 Å². The van der Waals surface area contributed by atoms with Gasteiger partial charge < -0.3 is 9.59 Å². The molecule has 2 aromatic rings. The van der Waals surface area contributed by atoms with Crippen molar-refractivity contribution in [2.45, 2.75) is 18.5 Å². The summed E-state index contributed by atoms with van der Waals surface area (Å²) in [4.78, 5) is 20.2. The molecule has 18 heavy (non-hydrogen) atoms. The first-order valence-electron chi connectivity index (χ1n) is 6.18. The highest BCUT2D eigenvalue weighted by atomic mass is 28.4. The molecule has 94 valence electrons. The van der Waals surface area contributed by atoms with E-state index in [0.29, 0.717) is 12.1 Å². The van der Waals surface area contributed by atoms with E-state index in [2.05, 4.69) is 0 Å². The summed E-state index contributed by atoms with van der Waals surface area (Å²) in [5.41, 5.74) is 2.16. The van der Waals surface area contributed by atoms with Gasteiger partial charge in [0.2, 0.25) is 0 Å². The van der Waals surface area contributed by atoms with E-state index in [-0.39, 0.29) is 0 Å². The second-order valence-corrected chi connectivity index (χ2v) is 7.45. The SMILES string of the molecule is O[Si](O)(CCc1ccccc1)Cc1ccccc1. The van der Waals surface area contributed by atoms with Crippen LogP contribution in [-0.4, -0.2) is 18.2 Å². The molecule has 0 aliphatic heterocycles. The van der Waals surface area contributed by atoms with Crippen molar-refractivity contribution in [3.05, 3.63) is 71.8 Å². The Kier molecular flexibility index (Phi) is 4.31. The monoisotopic (exact) mass is 258 g/mol. The van der Waals surface area contributed by atoms with Gasteiger partial charge in [-0.1, -0.05) is 60.7 Å². The van der Waals surface area contributed by atoms with Crippen molar-refractivity contribution in [3.8, 4) is 0 Å². The maximum absolute atomic E-state index is 10.1. The average Bonchev–Trinajstić information content (AvgIpc) is 2.38. The van der Waals surface area contributed by atoms with E-state index < -0.39 is 8.56 Å². The van der Waals surface area contributed by atoms with Crippen LogP contribution in [0, 0.1) is 0 Å². The minimum absolute atomic E-state index is 0.403. The van der Waals surface area contributed by atoms with Crippen molar-refractivity contribution in [1.82, 2.24) is 0 Å². The second-order valence-electron chi connectivity index (χ2n) is 4.63. The van der Waals surface area contributed by atoms with Crippen LogP contribution < -0.4 is 0 Å². The highest BCUT2D eigenvalue weighted by molar-refractivity contribution is 6.64. The van der Waals surface area contributed by atoms with E-state index in [4.69, 9.17) is 0 Å². The van der Waals surface area contributed by atoms with Gasteiger partial charge in [0.05, 0.1) is 0 Å². The van der Waals surface area contributed by atoms with Gasteiger partial charge >= 0.3 is 8.56 Å². The van der Waals surface area contributed by atoms with Gasteiger partial charge in [-0.15, -0.1) is 0 Å². The standard InChI is InChI=1S/C15H18O2Si/c16-18(17,13-15-9-5-2-6-10-15)12-11-14-7-3-1-4-8-14/h1-10,16-17H,11-13H2. The predicted octanol–water partition coefficient (Wildman–Crippen LogP) is 2.44. The zero-order valence-corrected chi connectivity index (χ0v) is 11.3. The van der Waals surface area contributed by atoms with Gasteiger partial charge in [0.15, 0.2) is 0 Å². The normalized spacial score (nSPS) is 11.4. The highest BCUT2D eigenvalue weighted by Gasteiger charge is 2.28. The van der Waals surface area contributed by atoms with Gasteiger partial charge in [0.1, 0.15) is 0 Å². The molecule has 0 saturated carbocycles. The van der Waals surface area contributed by atoms with Crippen LogP contribution in [0.2, 0.25) is 6.04 Å². The summed E-state index contributed by atoms with van der Waals surface area (Å²) < 4.78 is 0. The molecule has 2 nitrogen and oxygen atoms in total. The summed E-state index contributed by atoms with van der Waals surface area (Å²) >= 11 is 0. The topological polar surface area (TPSA) is 40.5 Å². The van der Waals surface area contributed by atoms with E-state index in [1.165, 1.54) is 0 Å². The summed E-state index contributed by atoms with van der Waals surface area (Å²) in [6.45, 7) is 0. The fourth-order valence-corrected chi connectivity index (χ4v) is 3.76. The molecule has 3 heteroatoms. The zero-order valence-electron chi connectivity index (χ0n) is 10.3. The Labute approximate surface area is 109 Å². The number of hydrogen-bond acceptors (Lipinski definition) is 2. The molecular weight excluding hydrogens is 240 g/mol. The molecule has 0 radical (unpaired) electrons. The lowest BCUT2D eigenvalue weighted by atomic mass is 10.2. The van der Waals surface area contributed by atoms with Crippen LogP contribution in [0.1, 0.15) is 11.1 Å². The Morgan fingerprint density at radius 3 is 1.78 bits per heavy atom. The molecule has 0 fully saturated rings. The lowest BCUT2D eigenvalue weighted by molar-refractivity contribution is 0.356. The average molecular weight is 258 g/mol. The fourth-order valence-electron chi connectivity index (χ4n) is 2.00. The quantitative estimate of drug-likeness (QED) is 0.809. The molecule has 2 rings (SSSR count). The van der Waals surface area contributed by atoms with Gasteiger partial charge in [-0.25, -0.2) is 0 Å². The first kappa shape index (κ1) is 13.0. The number of hydrogen-bond donors (Lipinski definition) is 2. The molecule has 0 saturated heterocycles. The van der Waals surface area contributed by atoms with Crippen LogP contribution in [0.25, 0.3) is 0 Å². The molecule has 0 spiro atoms. The molecule has 0 aromatic heterocycles. The van der Waals surface area contributed by atoms with Crippen molar-refractivity contribution in [2.24, 2.45) is 0 Å². The van der Waals surface area contributed by atoms with Gasteiger partial charge in [-0.05, 0) is 23.6 Å². The van der Waals surface area contributed by atoms with Gasteiger partial charge in [0, 0.05) is 6.04 Å². The zero-order chi connectivity index (χ0) is 12.8. The minimum atomic E-state index is -3.13. The van der Waals surface area contributed by atoms with Crippen molar-refractivity contribution < 1.29 is 9.59 Å². The van der Waals surface area contributed by atoms with Crippen molar-refractivity contribution in [3.63, 3.8) is 0 Å². The van der Waals surface area contributed by atoms with Crippen LogP contribution in [-0.2, 0) is 12.5 Å². The van der Waals surface area contributed by atoms with E-state index >= 15 is 0 Å². The van der Waals surface area contributed by atoms with Crippen LogP contribution in [0.4, 0.5) is 0 Å². The van der Waals surface area contributed by atoms with Crippen LogP contribution in [0.15, 0.2) is 60.7 Å². The smallest absolute Gasteiger partial charge is 0.337 e. The maximum atomic E-state index is 10.1. The Hall–Kier alpha value is -1.42. The van der Waals surface area contributed by atoms with Gasteiger partial charge in [0.25, 0.3) is 0 Å². The molecule has 0 aliphatic carbocycles. The number of rotatable bonds is 5. The number of benzene rings is 2. The van der Waals surface area contributed by atoms with E-state index in [9.17, 15) is 9.59 Å². The Morgan fingerprint density at radius 2 is 1.22 bits per heavy atom. The lowest BCUT2D eigenvalue weighted by Gasteiger charge is -2.17. The number of aryl methyl sites for hydroxylation is 1. The third-order valence-electron chi connectivity index (χ3n) is 2.99. The molecule has 0 atom stereocenters. The molecule has 0 bridgehead atoms. The van der Waals surface area contributed by atoms with E-state index in [0.717, 1.165) is 17.5 Å². The molecular formula is C15H18O2Si. The Balaban J connectivity index is 1.91. The molecule has 2 N–H and O–H groups in total. The summed E-state index contributed by atoms with van der Waals surface area (Å²) in [5, 5.41) is 0. The molecule has 0 heterocycles. The summed E-state index contributed by atoms with van der Waals surface area (Å²) in [5.74, 6) is 0. The lowest BCUT2D eigenvalue weighted by Crippen LogP contribution is -2.38. The third kappa shape index (κ3) is 4.11. The summed E-state index contributed by atoms with van der Waals surface area (Å²) in [6.07, 6.45) is 0.729. The van der Waals surface area contributed by atoms with Crippen molar-refractivity contribution in [1.29, 1.82) is 0 Å². The Bertz CT molecular complexity index is 468. The van der Waals surface area contributed by atoms with Crippen LogP contribution in [0.3, 0.4) is 0 Å². The predicted molar refractivity (Wildman–Crippen MR) is 75.3 cm³/mol. The van der Waals surface area contributed by atoms with Crippen molar-refractivity contribution in [2.75, 3.05) is 0 Å². The third-order valence-corrected chi connectivity index (χ3v) is 5.01. The van der Waals surface area contributed by atoms with Gasteiger partial charge in [-0.2, -0.15) is 0 Å². The largest absolute Gasteiger partial charge is 0.410 e. The second kappa shape index (κ2) is 5.95. The Morgan fingerprint density at radius 1 is 0.722 bits per heavy atom. The summed E-state index contributed by atoms with van der Waals surface area (Å²) in [6, 6.07) is 20.5. The molecule has 0 unspecified atom stereocenters. The van der Waals surface area contributed by atoms with Crippen molar-refractivity contribution >= 4 is 8.56 Å². The first-order chi connectivity index (χ1) is 8.66. The molecule has 0 aliphatic rings. The maximum Gasteiger partial charge on any atom is 0.337 e. The van der Waals surface area contributed by atoms with Crippen LogP contribution >= 0.6 is 0 Å². The molecule has 0 amide bonds. The molecule has 2 aromatic carbocycles. The van der Waals surface area contributed by atoms with Gasteiger partial charge in [-0.3, -0.25) is 0 Å². The first-order valence-corrected chi connectivity index (χ1v) is 8.49. The minimum Gasteiger partial charge on any atom is -0.410 e. The van der Waals surface area contributed by atoms with E-state index in [1.54, 1.807) is 0 Å². The highest BCUT2D eigenvalue weighted by Crippen LogP contribution is 2.14.